The quantitative estimate of drug-likeness (QED) is 0.348. The SMILES string of the molecule is CC/C=C/C[B]P(C)(C)=O. The summed E-state index contributed by atoms with van der Waals surface area (Å²) in [5.74, 6) is 0. The average Bonchev–Trinajstić information content (AvgIpc) is 1.78. The van der Waals surface area contributed by atoms with Crippen LogP contribution in [-0.2, 0) is 4.57 Å². The molecule has 0 atom stereocenters. The van der Waals surface area contributed by atoms with E-state index in [1.807, 2.05) is 7.00 Å². The van der Waals surface area contributed by atoms with Gasteiger partial charge in [0.05, 0.1) is 0 Å². The normalized spacial score (nSPS) is 12.3. The van der Waals surface area contributed by atoms with Crippen molar-refractivity contribution in [2.45, 2.75) is 19.7 Å². The van der Waals surface area contributed by atoms with Crippen LogP contribution >= 0.6 is 7.02 Å². The molecule has 0 aliphatic heterocycles. The summed E-state index contributed by atoms with van der Waals surface area (Å²) < 4.78 is 11.1. The summed E-state index contributed by atoms with van der Waals surface area (Å²) in [6.45, 7) is 7.55. The number of allylic oxidation sites excluding steroid dienone is 2. The molecule has 3 heteroatoms. The van der Waals surface area contributed by atoms with Gasteiger partial charge in [0.15, 0.2) is 0 Å². The van der Waals surface area contributed by atoms with Gasteiger partial charge in [0, 0.05) is 7.02 Å². The molecule has 0 saturated carbocycles. The van der Waals surface area contributed by atoms with Crippen LogP contribution in [0, 0.1) is 0 Å². The molecular weight excluding hydrogens is 142 g/mol. The van der Waals surface area contributed by atoms with Crippen molar-refractivity contribution >= 4 is 14.0 Å². The van der Waals surface area contributed by atoms with Crippen LogP contribution in [0.2, 0.25) is 6.32 Å². The van der Waals surface area contributed by atoms with E-state index in [2.05, 4.69) is 19.1 Å². The summed E-state index contributed by atoms with van der Waals surface area (Å²) in [5.41, 5.74) is 0. The maximum absolute atomic E-state index is 11.1. The third-order valence-electron chi connectivity index (χ3n) is 1.08. The van der Waals surface area contributed by atoms with Crippen molar-refractivity contribution in [3.63, 3.8) is 0 Å². The molecule has 0 aromatic carbocycles. The molecule has 1 nitrogen and oxygen atoms in total. The Kier molecular flexibility index (Phi) is 4.81. The van der Waals surface area contributed by atoms with Crippen LogP contribution < -0.4 is 0 Å². The Balaban J connectivity index is 3.38. The first kappa shape index (κ1) is 10.0. The zero-order valence-electron chi connectivity index (χ0n) is 7.00. The zero-order chi connectivity index (χ0) is 8.04. The monoisotopic (exact) mass is 157 g/mol. The Bertz CT molecular complexity index is 148. The predicted octanol–water partition coefficient (Wildman–Crippen LogP) is 2.61. The fraction of sp³-hybridized carbons (Fsp3) is 0.714. The summed E-state index contributed by atoms with van der Waals surface area (Å²) in [4.78, 5) is 0. The third kappa shape index (κ3) is 8.03. The second kappa shape index (κ2) is 4.79. The van der Waals surface area contributed by atoms with Gasteiger partial charge in [0.25, 0.3) is 0 Å². The second-order valence-corrected chi connectivity index (χ2v) is 5.97. The van der Waals surface area contributed by atoms with Gasteiger partial charge in [-0.2, -0.15) is 0 Å². The maximum atomic E-state index is 11.1. The minimum atomic E-state index is -1.88. The van der Waals surface area contributed by atoms with Gasteiger partial charge in [-0.25, -0.2) is 0 Å². The highest BCUT2D eigenvalue weighted by Gasteiger charge is 2.05. The first-order valence-electron chi connectivity index (χ1n) is 3.60. The zero-order valence-corrected chi connectivity index (χ0v) is 7.90. The molecule has 0 N–H and O–H groups in total. The minimum absolute atomic E-state index is 0.845. The van der Waals surface area contributed by atoms with Gasteiger partial charge in [-0.1, -0.05) is 25.4 Å². The largest absolute Gasteiger partial charge is 0.335 e. The highest BCUT2D eigenvalue weighted by molar-refractivity contribution is 7.89. The number of hydrogen-bond acceptors (Lipinski definition) is 1. The molecule has 0 aromatic heterocycles. The molecule has 57 valence electrons. The van der Waals surface area contributed by atoms with Gasteiger partial charge in [-0.3, -0.25) is 0 Å². The van der Waals surface area contributed by atoms with Gasteiger partial charge in [0.1, 0.15) is 0 Å². The maximum Gasteiger partial charge on any atom is 0.201 e. The van der Waals surface area contributed by atoms with Crippen molar-refractivity contribution in [2.24, 2.45) is 0 Å². The Morgan fingerprint density at radius 1 is 1.40 bits per heavy atom. The minimum Gasteiger partial charge on any atom is -0.335 e. The van der Waals surface area contributed by atoms with Crippen LogP contribution in [0.25, 0.3) is 0 Å². The van der Waals surface area contributed by atoms with E-state index in [0.29, 0.717) is 0 Å². The molecule has 0 aliphatic rings. The molecule has 0 saturated heterocycles. The van der Waals surface area contributed by atoms with Gasteiger partial charge in [-0.05, 0) is 19.8 Å². The molecule has 0 unspecified atom stereocenters. The van der Waals surface area contributed by atoms with Crippen molar-refractivity contribution in [1.29, 1.82) is 0 Å². The molecule has 0 heterocycles. The third-order valence-corrected chi connectivity index (χ3v) is 2.17. The predicted molar refractivity (Wildman–Crippen MR) is 49.4 cm³/mol. The van der Waals surface area contributed by atoms with E-state index in [0.717, 1.165) is 12.7 Å². The molecule has 0 amide bonds. The summed E-state index contributed by atoms with van der Waals surface area (Å²) in [6, 6.07) is 0. The van der Waals surface area contributed by atoms with Crippen molar-refractivity contribution in [3.05, 3.63) is 12.2 Å². The lowest BCUT2D eigenvalue weighted by Crippen LogP contribution is -1.86. The van der Waals surface area contributed by atoms with E-state index in [4.69, 9.17) is 0 Å². The molecule has 0 aliphatic carbocycles. The van der Waals surface area contributed by atoms with E-state index in [9.17, 15) is 4.57 Å². The summed E-state index contributed by atoms with van der Waals surface area (Å²) in [7, 11) is -1.88. The summed E-state index contributed by atoms with van der Waals surface area (Å²) in [6.07, 6.45) is 6.05. The highest BCUT2D eigenvalue weighted by Crippen LogP contribution is 2.34. The van der Waals surface area contributed by atoms with Crippen LogP contribution in [0.4, 0.5) is 0 Å². The highest BCUT2D eigenvalue weighted by atomic mass is 31.2. The Labute approximate surface area is 64.5 Å². The van der Waals surface area contributed by atoms with Crippen LogP contribution in [0.5, 0.6) is 0 Å². The van der Waals surface area contributed by atoms with E-state index in [1.54, 1.807) is 13.3 Å². The molecule has 10 heavy (non-hydrogen) atoms. The van der Waals surface area contributed by atoms with E-state index in [-0.39, 0.29) is 0 Å². The first-order chi connectivity index (χ1) is 4.56. The number of rotatable bonds is 4. The molecule has 0 spiro atoms. The van der Waals surface area contributed by atoms with E-state index in [1.165, 1.54) is 0 Å². The molecule has 0 fully saturated rings. The lowest BCUT2D eigenvalue weighted by molar-refractivity contribution is 0.590. The Morgan fingerprint density at radius 2 is 2.00 bits per heavy atom. The van der Waals surface area contributed by atoms with Crippen molar-refractivity contribution in [2.75, 3.05) is 13.3 Å². The number of hydrogen-bond donors (Lipinski definition) is 0. The van der Waals surface area contributed by atoms with Crippen molar-refractivity contribution in [1.82, 2.24) is 0 Å². The summed E-state index contributed by atoms with van der Waals surface area (Å²) >= 11 is 0. The fourth-order valence-electron chi connectivity index (χ4n) is 0.578. The standard InChI is InChI=1S/C7H15BOP/c1-4-5-6-7-8-10(2,3)9/h5-6H,4,7H2,1-3H3/b6-5+. The lowest BCUT2D eigenvalue weighted by atomic mass is 10.0. The van der Waals surface area contributed by atoms with Gasteiger partial charge in [-0.15, -0.1) is 0 Å². The molecule has 0 rings (SSSR count). The Morgan fingerprint density at radius 3 is 2.40 bits per heavy atom. The smallest absolute Gasteiger partial charge is 0.201 e. The van der Waals surface area contributed by atoms with E-state index >= 15 is 0 Å². The van der Waals surface area contributed by atoms with Crippen LogP contribution in [0.3, 0.4) is 0 Å². The van der Waals surface area contributed by atoms with E-state index < -0.39 is 7.02 Å². The average molecular weight is 157 g/mol. The Hall–Kier alpha value is 0.0349. The molecular formula is C7H15BOP. The molecule has 1 radical (unpaired) electrons. The second-order valence-electron chi connectivity index (χ2n) is 2.73. The van der Waals surface area contributed by atoms with Crippen LogP contribution in [-0.4, -0.2) is 20.3 Å². The van der Waals surface area contributed by atoms with Gasteiger partial charge >= 0.3 is 0 Å². The van der Waals surface area contributed by atoms with Gasteiger partial charge < -0.3 is 4.57 Å². The lowest BCUT2D eigenvalue weighted by Gasteiger charge is -1.99. The van der Waals surface area contributed by atoms with Crippen LogP contribution in [0.15, 0.2) is 12.2 Å². The first-order valence-corrected chi connectivity index (χ1v) is 6.27. The van der Waals surface area contributed by atoms with Crippen LogP contribution in [0.1, 0.15) is 13.3 Å². The fourth-order valence-corrected chi connectivity index (χ4v) is 1.21. The molecule has 0 aromatic rings. The summed E-state index contributed by atoms with van der Waals surface area (Å²) in [5, 5.41) is 0. The van der Waals surface area contributed by atoms with Crippen molar-refractivity contribution < 1.29 is 4.57 Å². The topological polar surface area (TPSA) is 17.1 Å². The van der Waals surface area contributed by atoms with Gasteiger partial charge in [0.2, 0.25) is 7.00 Å². The van der Waals surface area contributed by atoms with Crippen molar-refractivity contribution in [3.8, 4) is 0 Å². The molecule has 0 bridgehead atoms.